The second-order valence-electron chi connectivity index (χ2n) is 0.750. The fraction of sp³-hybridized carbons (Fsp3) is 0. The summed E-state index contributed by atoms with van der Waals surface area (Å²) < 4.78 is 0. The van der Waals surface area contributed by atoms with Crippen molar-refractivity contribution in [3.63, 3.8) is 0 Å². The molecule has 0 aliphatic rings. The maximum Gasteiger partial charge on any atom is 3.00 e. The molecule has 15 heavy (non-hydrogen) atoms. The van der Waals surface area contributed by atoms with Gasteiger partial charge in [-0.15, -0.1) is 0 Å². The number of carboxylic acid groups (broad SMARTS) is 6. The Morgan fingerprint density at radius 1 is 0.533 bits per heavy atom. The zero-order chi connectivity index (χ0) is 10.7. The third kappa shape index (κ3) is 2580. The van der Waals surface area contributed by atoms with Gasteiger partial charge in [-0.3, -0.25) is 0 Å². The number of carbonyl (C=O) groups excluding carboxylic acids is 3. The van der Waals surface area contributed by atoms with E-state index in [9.17, 15) is 0 Å². The van der Waals surface area contributed by atoms with Crippen LogP contribution < -0.4 is 30.6 Å². The van der Waals surface area contributed by atoms with E-state index in [0.29, 0.717) is 0 Å². The first-order valence-electron chi connectivity index (χ1n) is 1.84. The number of carbonyl (C=O) groups is 3. The molecule has 0 aromatic rings. The summed E-state index contributed by atoms with van der Waals surface area (Å²) in [6, 6.07) is 0. The molecule has 0 heterocycles. The quantitative estimate of drug-likeness (QED) is 0.390. The SMILES string of the molecule is O=C([O-])[O-].O=C([O-])[O-].O=C([O-])[O-].[Fe+3].[Fe+3].[S]. The van der Waals surface area contributed by atoms with Gasteiger partial charge in [-0.05, 0) is 18.5 Å². The molecule has 12 heteroatoms. The third-order valence-electron chi connectivity index (χ3n) is 0. The first-order chi connectivity index (χ1) is 5.20. The first kappa shape index (κ1) is 36.8. The van der Waals surface area contributed by atoms with E-state index in [0.717, 1.165) is 0 Å². The van der Waals surface area contributed by atoms with Gasteiger partial charge in [0.15, 0.2) is 0 Å². The minimum Gasteiger partial charge on any atom is -0.652 e. The molecule has 4 radical (unpaired) electrons. The van der Waals surface area contributed by atoms with Gasteiger partial charge < -0.3 is 45.0 Å². The molecule has 0 unspecified atom stereocenters. The van der Waals surface area contributed by atoms with Crippen LogP contribution in [0, 0.1) is 0 Å². The monoisotopic (exact) mass is 324 g/mol. The Bertz CT molecular complexity index is 121. The van der Waals surface area contributed by atoms with E-state index in [1.807, 2.05) is 0 Å². The van der Waals surface area contributed by atoms with Gasteiger partial charge in [0, 0.05) is 13.5 Å². The second-order valence-corrected chi connectivity index (χ2v) is 0.750. The molecule has 0 rings (SSSR count). The molecule has 0 amide bonds. The topological polar surface area (TPSA) is 190 Å². The largest absolute Gasteiger partial charge is 3.00 e. The van der Waals surface area contributed by atoms with Gasteiger partial charge in [-0.2, -0.15) is 0 Å². The van der Waals surface area contributed by atoms with E-state index < -0.39 is 18.5 Å². The van der Waals surface area contributed by atoms with Crippen molar-refractivity contribution in [2.45, 2.75) is 0 Å². The molecule has 88 valence electrons. The van der Waals surface area contributed by atoms with Crippen molar-refractivity contribution in [3.8, 4) is 0 Å². The molecule has 0 aromatic carbocycles. The second kappa shape index (κ2) is 29.2. The summed E-state index contributed by atoms with van der Waals surface area (Å²) in [5.74, 6) is 0. The van der Waals surface area contributed by atoms with Gasteiger partial charge in [-0.25, -0.2) is 0 Å². The van der Waals surface area contributed by atoms with Crippen LogP contribution in [-0.2, 0) is 34.1 Å². The molecule has 0 atom stereocenters. The van der Waals surface area contributed by atoms with E-state index in [2.05, 4.69) is 0 Å². The molecular formula is C3Fe2O9S. The average molecular weight is 324 g/mol. The first-order valence-corrected chi connectivity index (χ1v) is 1.84. The molecular weight excluding hydrogens is 324 g/mol. The fourth-order valence-corrected chi connectivity index (χ4v) is 0. The van der Waals surface area contributed by atoms with Gasteiger partial charge in [0.25, 0.3) is 0 Å². The van der Waals surface area contributed by atoms with Crippen LogP contribution in [0.5, 0.6) is 0 Å². The zero-order valence-electron chi connectivity index (χ0n) is 6.29. The minimum absolute atomic E-state index is 0. The predicted molar refractivity (Wildman–Crippen MR) is 23.8 cm³/mol. The van der Waals surface area contributed by atoms with Gasteiger partial charge in [-0.1, -0.05) is 0 Å². The van der Waals surface area contributed by atoms with E-state index in [-0.39, 0.29) is 47.6 Å². The number of hydrogen-bond acceptors (Lipinski definition) is 9. The predicted octanol–water partition coefficient (Wildman–Crippen LogP) is -6.70. The van der Waals surface area contributed by atoms with E-state index in [4.69, 9.17) is 45.0 Å². The number of rotatable bonds is 0. The van der Waals surface area contributed by atoms with Crippen molar-refractivity contribution in [1.82, 2.24) is 0 Å². The van der Waals surface area contributed by atoms with E-state index in [1.165, 1.54) is 0 Å². The van der Waals surface area contributed by atoms with Crippen LogP contribution in [-0.4, -0.2) is 18.5 Å². The molecule has 0 saturated carbocycles. The molecule has 0 bridgehead atoms. The van der Waals surface area contributed by atoms with Crippen molar-refractivity contribution in [2.75, 3.05) is 0 Å². The van der Waals surface area contributed by atoms with Gasteiger partial charge in [0.1, 0.15) is 0 Å². The van der Waals surface area contributed by atoms with Crippen LogP contribution in [0.1, 0.15) is 0 Å². The Labute approximate surface area is 111 Å². The minimum atomic E-state index is -2.33. The van der Waals surface area contributed by atoms with Crippen molar-refractivity contribution < 1.29 is 79.2 Å². The van der Waals surface area contributed by atoms with Crippen LogP contribution in [0.2, 0.25) is 0 Å². The molecule has 0 spiro atoms. The van der Waals surface area contributed by atoms with Crippen LogP contribution >= 0.6 is 13.5 Å². The van der Waals surface area contributed by atoms with Crippen LogP contribution in [0.15, 0.2) is 0 Å². The Kier molecular flexibility index (Phi) is 71.7. The summed E-state index contributed by atoms with van der Waals surface area (Å²) in [6.07, 6.45) is -7.00. The Morgan fingerprint density at radius 2 is 0.533 bits per heavy atom. The van der Waals surface area contributed by atoms with Crippen molar-refractivity contribution in [3.05, 3.63) is 0 Å². The zero-order valence-corrected chi connectivity index (χ0v) is 9.31. The molecule has 0 saturated heterocycles. The van der Waals surface area contributed by atoms with Crippen molar-refractivity contribution >= 4 is 32.0 Å². The average Bonchev–Trinajstić information content (AvgIpc) is 1.54. The fourth-order valence-electron chi connectivity index (χ4n) is 0. The smallest absolute Gasteiger partial charge is 0.652 e. The van der Waals surface area contributed by atoms with E-state index >= 15 is 0 Å². The maximum absolute atomic E-state index is 8.33. The number of hydrogen-bond donors (Lipinski definition) is 0. The summed E-state index contributed by atoms with van der Waals surface area (Å²) in [5.41, 5.74) is 0. The summed E-state index contributed by atoms with van der Waals surface area (Å²) in [6.45, 7) is 0. The summed E-state index contributed by atoms with van der Waals surface area (Å²) >= 11 is 0. The van der Waals surface area contributed by atoms with Crippen molar-refractivity contribution in [1.29, 1.82) is 0 Å². The van der Waals surface area contributed by atoms with Gasteiger partial charge in [0.05, 0.1) is 0 Å². The van der Waals surface area contributed by atoms with Crippen LogP contribution in [0.4, 0.5) is 14.4 Å². The Hall–Kier alpha value is -0.801. The molecule has 0 aromatic heterocycles. The summed E-state index contributed by atoms with van der Waals surface area (Å²) in [7, 11) is 0. The summed E-state index contributed by atoms with van der Waals surface area (Å²) in [4.78, 5) is 25.0. The molecule has 0 N–H and O–H groups in total. The third-order valence-corrected chi connectivity index (χ3v) is 0. The van der Waals surface area contributed by atoms with Crippen LogP contribution in [0.25, 0.3) is 0 Å². The standard InChI is InChI=1S/3CH2O3.2Fe.S/c3*2-1(3)4;;;/h3*(H2,2,3,4);;;/q;;;2*+3;/p-6. The van der Waals surface area contributed by atoms with E-state index in [1.54, 1.807) is 0 Å². The molecule has 0 aliphatic carbocycles. The van der Waals surface area contributed by atoms with Crippen molar-refractivity contribution in [2.24, 2.45) is 0 Å². The molecule has 0 fully saturated rings. The van der Waals surface area contributed by atoms with Crippen LogP contribution in [0.3, 0.4) is 0 Å². The molecule has 9 nitrogen and oxygen atoms in total. The van der Waals surface area contributed by atoms with Gasteiger partial charge >= 0.3 is 34.1 Å². The Morgan fingerprint density at radius 3 is 0.533 bits per heavy atom. The molecule has 0 aliphatic heterocycles. The van der Waals surface area contributed by atoms with Gasteiger partial charge in [0.2, 0.25) is 0 Å². The normalized spacial score (nSPS) is 4.80. The summed E-state index contributed by atoms with van der Waals surface area (Å²) in [5, 5.41) is 50.0. The maximum atomic E-state index is 8.33. The Balaban J connectivity index is -0.0000000184.